The summed E-state index contributed by atoms with van der Waals surface area (Å²) >= 11 is 0. The van der Waals surface area contributed by atoms with Gasteiger partial charge in [-0.1, -0.05) is 12.8 Å². The zero-order valence-corrected chi connectivity index (χ0v) is 16.7. The average molecular weight is 380 g/mol. The average Bonchev–Trinajstić information content (AvgIpc) is 3.11. The number of rotatable bonds is 4. The van der Waals surface area contributed by atoms with Gasteiger partial charge in [0, 0.05) is 30.6 Å². The Morgan fingerprint density at radius 1 is 1.25 bits per heavy atom. The van der Waals surface area contributed by atoms with E-state index >= 15 is 0 Å². The van der Waals surface area contributed by atoms with Crippen molar-refractivity contribution in [2.75, 3.05) is 20.2 Å². The van der Waals surface area contributed by atoms with Crippen molar-refractivity contribution < 1.29 is 9.53 Å². The molecule has 2 saturated carbocycles. The molecule has 2 aliphatic carbocycles. The quantitative estimate of drug-likeness (QED) is 0.811. The molecule has 6 heteroatoms. The minimum atomic E-state index is 0.131. The minimum Gasteiger partial charge on any atom is -0.497 e. The number of hydrogen-bond acceptors (Lipinski definition) is 4. The molecule has 1 aliphatic heterocycles. The number of hydrogen-bond donors (Lipinski definition) is 0. The van der Waals surface area contributed by atoms with E-state index in [9.17, 15) is 4.79 Å². The van der Waals surface area contributed by atoms with Crippen LogP contribution in [0.15, 0.2) is 24.5 Å². The first kappa shape index (κ1) is 17.7. The second-order valence-electron chi connectivity index (χ2n) is 8.82. The molecular weight excluding hydrogens is 352 g/mol. The topological polar surface area (TPSA) is 60.2 Å². The maximum absolute atomic E-state index is 13.4. The van der Waals surface area contributed by atoms with Crippen molar-refractivity contribution in [3.8, 4) is 5.75 Å². The van der Waals surface area contributed by atoms with Gasteiger partial charge in [-0.2, -0.15) is 0 Å². The van der Waals surface area contributed by atoms with Gasteiger partial charge in [-0.25, -0.2) is 0 Å². The second-order valence-corrected chi connectivity index (χ2v) is 8.82. The number of methoxy groups -OCH3 is 1. The van der Waals surface area contributed by atoms with E-state index < -0.39 is 0 Å². The monoisotopic (exact) mass is 380 g/mol. The van der Waals surface area contributed by atoms with Gasteiger partial charge in [0.05, 0.1) is 7.11 Å². The Hall–Kier alpha value is -2.37. The van der Waals surface area contributed by atoms with Crippen LogP contribution < -0.4 is 4.74 Å². The van der Waals surface area contributed by atoms with E-state index in [0.29, 0.717) is 12.0 Å². The Morgan fingerprint density at radius 2 is 2.04 bits per heavy atom. The lowest BCUT2D eigenvalue weighted by molar-refractivity contribution is 0.0772. The van der Waals surface area contributed by atoms with Gasteiger partial charge in [-0.15, -0.1) is 10.2 Å². The minimum absolute atomic E-state index is 0.131. The van der Waals surface area contributed by atoms with Crippen LogP contribution in [0.5, 0.6) is 5.75 Å². The molecule has 148 valence electrons. The van der Waals surface area contributed by atoms with Crippen molar-refractivity contribution in [2.45, 2.75) is 57.4 Å². The number of amides is 1. The molecule has 6 nitrogen and oxygen atoms in total. The van der Waals surface area contributed by atoms with Crippen molar-refractivity contribution in [2.24, 2.45) is 5.41 Å². The van der Waals surface area contributed by atoms with Gasteiger partial charge in [0.2, 0.25) is 0 Å². The lowest BCUT2D eigenvalue weighted by atomic mass is 9.76. The number of aryl methyl sites for hydroxylation is 1. The van der Waals surface area contributed by atoms with E-state index in [4.69, 9.17) is 4.74 Å². The fourth-order valence-electron chi connectivity index (χ4n) is 5.37. The van der Waals surface area contributed by atoms with Crippen LogP contribution in [0, 0.1) is 12.3 Å². The lowest BCUT2D eigenvalue weighted by Crippen LogP contribution is -2.31. The van der Waals surface area contributed by atoms with Gasteiger partial charge in [0.25, 0.3) is 5.91 Å². The van der Waals surface area contributed by atoms with Crippen LogP contribution in [0.2, 0.25) is 0 Å². The van der Waals surface area contributed by atoms with E-state index in [1.54, 1.807) is 7.11 Å². The summed E-state index contributed by atoms with van der Waals surface area (Å²) < 4.78 is 7.59. The van der Waals surface area contributed by atoms with Gasteiger partial charge in [0.1, 0.15) is 17.9 Å². The highest BCUT2D eigenvalue weighted by molar-refractivity contribution is 5.96. The highest BCUT2D eigenvalue weighted by Gasteiger charge is 2.52. The number of ether oxygens (including phenoxy) is 1. The maximum Gasteiger partial charge on any atom is 0.254 e. The van der Waals surface area contributed by atoms with E-state index in [1.807, 2.05) is 31.5 Å². The Kier molecular flexibility index (Phi) is 4.18. The molecule has 5 rings (SSSR count). The highest BCUT2D eigenvalue weighted by Crippen LogP contribution is 2.54. The zero-order chi connectivity index (χ0) is 19.3. The molecule has 1 atom stereocenters. The number of carbonyl (C=O) groups is 1. The van der Waals surface area contributed by atoms with Crippen LogP contribution in [0.3, 0.4) is 0 Å². The first-order chi connectivity index (χ1) is 13.6. The van der Waals surface area contributed by atoms with Crippen molar-refractivity contribution in [3.05, 3.63) is 41.5 Å². The van der Waals surface area contributed by atoms with Gasteiger partial charge >= 0.3 is 0 Å². The molecule has 3 fully saturated rings. The molecule has 2 heterocycles. The first-order valence-corrected chi connectivity index (χ1v) is 10.4. The van der Waals surface area contributed by atoms with Crippen LogP contribution in [-0.2, 0) is 0 Å². The van der Waals surface area contributed by atoms with Crippen molar-refractivity contribution in [1.29, 1.82) is 0 Å². The van der Waals surface area contributed by atoms with E-state index in [0.717, 1.165) is 35.8 Å². The summed E-state index contributed by atoms with van der Waals surface area (Å²) in [5, 5.41) is 8.78. The fourth-order valence-corrected chi connectivity index (χ4v) is 5.37. The third-order valence-electron chi connectivity index (χ3n) is 7.05. The van der Waals surface area contributed by atoms with Gasteiger partial charge in [0.15, 0.2) is 0 Å². The molecule has 1 amide bonds. The number of likely N-dealkylation sites (tertiary alicyclic amines) is 1. The first-order valence-electron chi connectivity index (χ1n) is 10.4. The van der Waals surface area contributed by atoms with Crippen LogP contribution in [0.1, 0.15) is 72.2 Å². The molecule has 0 bridgehead atoms. The Balaban J connectivity index is 1.46. The van der Waals surface area contributed by atoms with E-state index in [-0.39, 0.29) is 11.3 Å². The molecule has 3 aliphatic rings. The SMILES string of the molecule is COc1ccc(C(=O)N2CC(c3nncn3C3CC3)C3(CCCC3)C2)c(C)c1. The van der Waals surface area contributed by atoms with Crippen molar-refractivity contribution in [1.82, 2.24) is 19.7 Å². The smallest absolute Gasteiger partial charge is 0.254 e. The molecule has 1 unspecified atom stereocenters. The number of aromatic nitrogens is 3. The molecule has 1 saturated heterocycles. The molecule has 28 heavy (non-hydrogen) atoms. The summed E-state index contributed by atoms with van der Waals surface area (Å²) in [6.07, 6.45) is 9.20. The second kappa shape index (κ2) is 6.61. The molecule has 2 aromatic rings. The Labute approximate surface area is 165 Å². The Bertz CT molecular complexity index is 896. The number of carbonyl (C=O) groups excluding carboxylic acids is 1. The Morgan fingerprint density at radius 3 is 2.71 bits per heavy atom. The summed E-state index contributed by atoms with van der Waals surface area (Å²) in [4.78, 5) is 15.5. The molecule has 1 aromatic carbocycles. The fraction of sp³-hybridized carbons (Fsp3) is 0.591. The number of benzene rings is 1. The van der Waals surface area contributed by atoms with Crippen molar-refractivity contribution in [3.63, 3.8) is 0 Å². The third-order valence-corrected chi connectivity index (χ3v) is 7.05. The normalized spacial score (nSPS) is 23.5. The van der Waals surface area contributed by atoms with Crippen LogP contribution in [0.25, 0.3) is 0 Å². The standard InChI is InChI=1S/C22H28N4O2/c1-15-11-17(28-2)7-8-18(15)21(27)25-12-19(22(13-25)9-3-4-10-22)20-24-23-14-26(20)16-5-6-16/h7-8,11,14,16,19H,3-6,9-10,12-13H2,1-2H3. The lowest BCUT2D eigenvalue weighted by Gasteiger charge is -2.29. The molecule has 1 aromatic heterocycles. The summed E-state index contributed by atoms with van der Waals surface area (Å²) in [5.41, 5.74) is 1.91. The predicted octanol–water partition coefficient (Wildman–Crippen LogP) is 3.73. The van der Waals surface area contributed by atoms with Crippen LogP contribution in [0.4, 0.5) is 0 Å². The summed E-state index contributed by atoms with van der Waals surface area (Å²) in [6, 6.07) is 6.29. The summed E-state index contributed by atoms with van der Waals surface area (Å²) in [5.74, 6) is 2.32. The molecule has 0 N–H and O–H groups in total. The van der Waals surface area contributed by atoms with Crippen LogP contribution in [-0.4, -0.2) is 45.8 Å². The van der Waals surface area contributed by atoms with E-state index in [2.05, 4.69) is 19.7 Å². The largest absolute Gasteiger partial charge is 0.497 e. The maximum atomic E-state index is 13.4. The van der Waals surface area contributed by atoms with Crippen LogP contribution >= 0.6 is 0 Å². The summed E-state index contributed by atoms with van der Waals surface area (Å²) in [6.45, 7) is 3.56. The molecule has 1 spiro atoms. The highest BCUT2D eigenvalue weighted by atomic mass is 16.5. The van der Waals surface area contributed by atoms with E-state index in [1.165, 1.54) is 38.5 Å². The number of nitrogens with zero attached hydrogens (tertiary/aromatic N) is 4. The van der Waals surface area contributed by atoms with Gasteiger partial charge in [-0.05, 0) is 61.8 Å². The predicted molar refractivity (Wildman–Crippen MR) is 106 cm³/mol. The molecule has 0 radical (unpaired) electrons. The summed E-state index contributed by atoms with van der Waals surface area (Å²) in [7, 11) is 1.65. The van der Waals surface area contributed by atoms with Gasteiger partial charge < -0.3 is 14.2 Å². The zero-order valence-electron chi connectivity index (χ0n) is 16.7. The van der Waals surface area contributed by atoms with Crippen molar-refractivity contribution >= 4 is 5.91 Å². The third kappa shape index (κ3) is 2.81. The molecular formula is C22H28N4O2. The van der Waals surface area contributed by atoms with Gasteiger partial charge in [-0.3, -0.25) is 4.79 Å².